The lowest BCUT2D eigenvalue weighted by molar-refractivity contribution is 0.896. The molecule has 0 unspecified atom stereocenters. The molecule has 18 heavy (non-hydrogen) atoms. The van der Waals surface area contributed by atoms with E-state index in [2.05, 4.69) is 52.5 Å². The molecule has 0 atom stereocenters. The van der Waals surface area contributed by atoms with Crippen molar-refractivity contribution in [1.82, 2.24) is 0 Å². The Labute approximate surface area is 111 Å². The summed E-state index contributed by atoms with van der Waals surface area (Å²) in [5, 5.41) is 0. The predicted molar refractivity (Wildman–Crippen MR) is 80.7 cm³/mol. The normalized spacial score (nSPS) is 16.4. The Morgan fingerprint density at radius 2 is 1.78 bits per heavy atom. The van der Waals surface area contributed by atoms with E-state index >= 15 is 0 Å². The van der Waals surface area contributed by atoms with E-state index in [1.807, 2.05) is 0 Å². The highest BCUT2D eigenvalue weighted by Gasteiger charge is 2.27. The minimum Gasteiger partial charge on any atom is -0.0909 e. The zero-order valence-corrected chi connectivity index (χ0v) is 12.1. The standard InChI is InChI=1S/C18H24/c1-6-17(16-10-11-16)14(4)15(5)18-12(2)8-7-9-13(18)3/h7-9,16H,5-6,10-11H2,1-4H3/b17-14+. The van der Waals surface area contributed by atoms with E-state index in [1.165, 1.54) is 47.1 Å². The summed E-state index contributed by atoms with van der Waals surface area (Å²) in [6.45, 7) is 13.3. The zero-order chi connectivity index (χ0) is 13.3. The van der Waals surface area contributed by atoms with Crippen LogP contribution in [-0.2, 0) is 0 Å². The fraction of sp³-hybridized carbons (Fsp3) is 0.444. The molecule has 1 saturated carbocycles. The lowest BCUT2D eigenvalue weighted by Crippen LogP contribution is -1.97. The van der Waals surface area contributed by atoms with Gasteiger partial charge in [0, 0.05) is 0 Å². The third-order valence-electron chi connectivity index (χ3n) is 4.17. The molecule has 0 amide bonds. The van der Waals surface area contributed by atoms with Gasteiger partial charge in [-0.05, 0) is 73.8 Å². The summed E-state index contributed by atoms with van der Waals surface area (Å²) in [5.74, 6) is 0.844. The third kappa shape index (κ3) is 2.43. The molecule has 0 nitrogen and oxygen atoms in total. The maximum Gasteiger partial charge on any atom is -0.0129 e. The van der Waals surface area contributed by atoms with Crippen molar-refractivity contribution in [2.24, 2.45) is 5.92 Å². The van der Waals surface area contributed by atoms with E-state index in [-0.39, 0.29) is 0 Å². The second kappa shape index (κ2) is 5.14. The summed E-state index contributed by atoms with van der Waals surface area (Å²) in [7, 11) is 0. The molecule has 2 rings (SSSR count). The van der Waals surface area contributed by atoms with Crippen LogP contribution in [0.2, 0.25) is 0 Å². The summed E-state index contributed by atoms with van der Waals surface area (Å²) in [6, 6.07) is 6.50. The van der Waals surface area contributed by atoms with Crippen molar-refractivity contribution in [2.75, 3.05) is 0 Å². The maximum absolute atomic E-state index is 4.37. The molecule has 0 heteroatoms. The van der Waals surface area contributed by atoms with Crippen LogP contribution in [0.15, 0.2) is 35.9 Å². The van der Waals surface area contributed by atoms with Crippen LogP contribution in [0.25, 0.3) is 5.57 Å². The van der Waals surface area contributed by atoms with Gasteiger partial charge in [-0.1, -0.05) is 37.3 Å². The first kappa shape index (κ1) is 13.1. The lowest BCUT2D eigenvalue weighted by atomic mass is 9.88. The number of benzene rings is 1. The third-order valence-corrected chi connectivity index (χ3v) is 4.17. The topological polar surface area (TPSA) is 0 Å². The number of rotatable bonds is 4. The van der Waals surface area contributed by atoms with Crippen LogP contribution in [0.5, 0.6) is 0 Å². The van der Waals surface area contributed by atoms with Crippen molar-refractivity contribution >= 4 is 5.57 Å². The summed E-state index contributed by atoms with van der Waals surface area (Å²) in [4.78, 5) is 0. The van der Waals surface area contributed by atoms with E-state index < -0.39 is 0 Å². The average Bonchev–Trinajstić information content (AvgIpc) is 3.14. The van der Waals surface area contributed by atoms with Crippen LogP contribution in [0.1, 0.15) is 49.8 Å². The molecule has 0 aromatic heterocycles. The molecule has 0 heterocycles. The lowest BCUT2D eigenvalue weighted by Gasteiger charge is -2.17. The first-order valence-electron chi connectivity index (χ1n) is 7.01. The van der Waals surface area contributed by atoms with Gasteiger partial charge in [0.05, 0.1) is 0 Å². The van der Waals surface area contributed by atoms with Crippen molar-refractivity contribution in [3.05, 3.63) is 52.6 Å². The fourth-order valence-electron chi connectivity index (χ4n) is 2.96. The van der Waals surface area contributed by atoms with Crippen molar-refractivity contribution in [2.45, 2.75) is 47.0 Å². The van der Waals surface area contributed by atoms with E-state index in [0.717, 1.165) is 5.92 Å². The molecule has 0 radical (unpaired) electrons. The first-order valence-corrected chi connectivity index (χ1v) is 7.01. The summed E-state index contributed by atoms with van der Waals surface area (Å²) in [5.41, 5.74) is 8.31. The van der Waals surface area contributed by atoms with Gasteiger partial charge in [0.2, 0.25) is 0 Å². The molecule has 96 valence electrons. The highest BCUT2D eigenvalue weighted by molar-refractivity contribution is 5.81. The SMILES string of the molecule is C=C(/C(C)=C(\CC)C1CC1)c1c(C)cccc1C. The molecule has 1 aliphatic carbocycles. The molecule has 0 saturated heterocycles. The van der Waals surface area contributed by atoms with E-state index in [4.69, 9.17) is 0 Å². The van der Waals surface area contributed by atoms with Crippen molar-refractivity contribution in [1.29, 1.82) is 0 Å². The largest absolute Gasteiger partial charge is 0.0909 e. The number of aryl methyl sites for hydroxylation is 2. The number of allylic oxidation sites excluding steroid dienone is 3. The Morgan fingerprint density at radius 1 is 1.22 bits per heavy atom. The van der Waals surface area contributed by atoms with Gasteiger partial charge in [0.15, 0.2) is 0 Å². The Hall–Kier alpha value is -1.30. The van der Waals surface area contributed by atoms with Crippen LogP contribution in [-0.4, -0.2) is 0 Å². The predicted octanol–water partition coefficient (Wildman–Crippen LogP) is 5.45. The monoisotopic (exact) mass is 240 g/mol. The van der Waals surface area contributed by atoms with Gasteiger partial charge in [-0.15, -0.1) is 0 Å². The van der Waals surface area contributed by atoms with Gasteiger partial charge in [-0.2, -0.15) is 0 Å². The van der Waals surface area contributed by atoms with E-state index in [9.17, 15) is 0 Å². The number of hydrogen-bond acceptors (Lipinski definition) is 0. The summed E-state index contributed by atoms with van der Waals surface area (Å²) < 4.78 is 0. The van der Waals surface area contributed by atoms with Gasteiger partial charge in [0.25, 0.3) is 0 Å². The Balaban J connectivity index is 2.42. The Morgan fingerprint density at radius 3 is 2.22 bits per heavy atom. The van der Waals surface area contributed by atoms with Gasteiger partial charge in [-0.3, -0.25) is 0 Å². The maximum atomic E-state index is 4.37. The molecule has 0 spiro atoms. The van der Waals surface area contributed by atoms with Gasteiger partial charge >= 0.3 is 0 Å². The van der Waals surface area contributed by atoms with Crippen LogP contribution >= 0.6 is 0 Å². The van der Waals surface area contributed by atoms with E-state index in [1.54, 1.807) is 5.57 Å². The van der Waals surface area contributed by atoms with Crippen LogP contribution in [0.4, 0.5) is 0 Å². The second-order valence-corrected chi connectivity index (χ2v) is 5.52. The smallest absolute Gasteiger partial charge is 0.0129 e. The summed E-state index contributed by atoms with van der Waals surface area (Å²) >= 11 is 0. The minimum absolute atomic E-state index is 0.844. The molecule has 1 aromatic carbocycles. The second-order valence-electron chi connectivity index (χ2n) is 5.52. The van der Waals surface area contributed by atoms with Gasteiger partial charge < -0.3 is 0 Å². The average molecular weight is 240 g/mol. The van der Waals surface area contributed by atoms with Gasteiger partial charge in [0.1, 0.15) is 0 Å². The molecular weight excluding hydrogens is 216 g/mol. The summed E-state index contributed by atoms with van der Waals surface area (Å²) in [6.07, 6.45) is 3.92. The highest BCUT2D eigenvalue weighted by Crippen LogP contribution is 2.42. The molecule has 0 bridgehead atoms. The van der Waals surface area contributed by atoms with Gasteiger partial charge in [-0.25, -0.2) is 0 Å². The minimum atomic E-state index is 0.844. The zero-order valence-electron chi connectivity index (χ0n) is 12.1. The molecule has 1 aliphatic rings. The highest BCUT2D eigenvalue weighted by atomic mass is 14.3. The van der Waals surface area contributed by atoms with Crippen LogP contribution in [0, 0.1) is 19.8 Å². The Kier molecular flexibility index (Phi) is 3.75. The fourth-order valence-corrected chi connectivity index (χ4v) is 2.96. The molecule has 1 fully saturated rings. The quantitative estimate of drug-likeness (QED) is 0.614. The Bertz CT molecular complexity index is 479. The van der Waals surface area contributed by atoms with E-state index in [0.29, 0.717) is 0 Å². The van der Waals surface area contributed by atoms with Crippen molar-refractivity contribution in [3.63, 3.8) is 0 Å². The molecular formula is C18H24. The van der Waals surface area contributed by atoms with Crippen LogP contribution in [0.3, 0.4) is 0 Å². The first-order chi connectivity index (χ1) is 8.56. The van der Waals surface area contributed by atoms with Crippen molar-refractivity contribution in [3.8, 4) is 0 Å². The van der Waals surface area contributed by atoms with Crippen molar-refractivity contribution < 1.29 is 0 Å². The number of hydrogen-bond donors (Lipinski definition) is 0. The van der Waals surface area contributed by atoms with Crippen LogP contribution < -0.4 is 0 Å². The molecule has 0 aliphatic heterocycles. The molecule has 0 N–H and O–H groups in total. The molecule has 1 aromatic rings.